The number of nitrogens with zero attached hydrogens (tertiary/aromatic N) is 1. The Morgan fingerprint density at radius 1 is 1.80 bits per heavy atom. The number of hydrogen-bond donors (Lipinski definition) is 1. The standard InChI is InChI=1S/C6H12N2O2/c1-4(2)10-8-3-5(8)6(7)9/h4-5H,3H2,1-2H3,(H2,7,9). The molecule has 1 heterocycles. The van der Waals surface area contributed by atoms with E-state index in [0.29, 0.717) is 6.54 Å². The van der Waals surface area contributed by atoms with Crippen molar-refractivity contribution in [3.63, 3.8) is 0 Å². The summed E-state index contributed by atoms with van der Waals surface area (Å²) in [6.45, 7) is 4.47. The molecule has 0 bridgehead atoms. The number of carbonyl (C=O) groups is 1. The SMILES string of the molecule is CC(C)ON1CC1C(N)=O. The molecule has 4 nitrogen and oxygen atoms in total. The van der Waals surface area contributed by atoms with Gasteiger partial charge in [-0.1, -0.05) is 0 Å². The van der Waals surface area contributed by atoms with E-state index < -0.39 is 0 Å². The molecule has 2 atom stereocenters. The van der Waals surface area contributed by atoms with Crippen LogP contribution in [0.2, 0.25) is 0 Å². The third-order valence-electron chi connectivity index (χ3n) is 1.24. The summed E-state index contributed by atoms with van der Waals surface area (Å²) in [5.41, 5.74) is 5.00. The molecular formula is C6H12N2O2. The summed E-state index contributed by atoms with van der Waals surface area (Å²) in [6.07, 6.45) is 0.129. The van der Waals surface area contributed by atoms with Crippen molar-refractivity contribution in [1.82, 2.24) is 5.06 Å². The lowest BCUT2D eigenvalue weighted by atomic mass is 10.5. The summed E-state index contributed by atoms with van der Waals surface area (Å²) in [6, 6.07) is -0.178. The summed E-state index contributed by atoms with van der Waals surface area (Å²) < 4.78 is 0. The van der Waals surface area contributed by atoms with E-state index in [1.54, 1.807) is 5.06 Å². The average molecular weight is 144 g/mol. The summed E-state index contributed by atoms with van der Waals surface area (Å²) in [7, 11) is 0. The zero-order valence-corrected chi connectivity index (χ0v) is 6.20. The van der Waals surface area contributed by atoms with E-state index in [2.05, 4.69) is 0 Å². The molecule has 58 valence electrons. The third kappa shape index (κ3) is 1.68. The molecule has 4 heteroatoms. The molecule has 0 saturated carbocycles. The molecule has 0 aromatic rings. The maximum atomic E-state index is 10.5. The highest BCUT2D eigenvalue weighted by atomic mass is 16.7. The first-order chi connectivity index (χ1) is 4.61. The van der Waals surface area contributed by atoms with Gasteiger partial charge in [0.2, 0.25) is 5.91 Å². The Morgan fingerprint density at radius 2 is 2.40 bits per heavy atom. The lowest BCUT2D eigenvalue weighted by Gasteiger charge is -2.05. The fourth-order valence-electron chi connectivity index (χ4n) is 0.742. The molecule has 1 rings (SSSR count). The van der Waals surface area contributed by atoms with Gasteiger partial charge in [0.15, 0.2) is 0 Å². The van der Waals surface area contributed by atoms with Gasteiger partial charge < -0.3 is 5.73 Å². The van der Waals surface area contributed by atoms with Crippen molar-refractivity contribution in [3.8, 4) is 0 Å². The molecule has 1 saturated heterocycles. The van der Waals surface area contributed by atoms with Crippen LogP contribution in [-0.4, -0.2) is 29.7 Å². The highest BCUT2D eigenvalue weighted by Gasteiger charge is 2.40. The summed E-state index contributed by atoms with van der Waals surface area (Å²) in [4.78, 5) is 15.6. The van der Waals surface area contributed by atoms with E-state index in [9.17, 15) is 4.79 Å². The van der Waals surface area contributed by atoms with Crippen LogP contribution in [0.4, 0.5) is 0 Å². The van der Waals surface area contributed by atoms with Crippen molar-refractivity contribution in [2.45, 2.75) is 26.0 Å². The first kappa shape index (κ1) is 7.50. The normalized spacial score (nSPS) is 30.7. The molecule has 1 fully saturated rings. The molecule has 0 aliphatic carbocycles. The number of rotatable bonds is 3. The molecule has 1 aliphatic heterocycles. The monoisotopic (exact) mass is 144 g/mol. The Labute approximate surface area is 59.9 Å². The number of amides is 1. The van der Waals surface area contributed by atoms with Crippen molar-refractivity contribution in [3.05, 3.63) is 0 Å². The number of hydroxylamine groups is 2. The third-order valence-corrected chi connectivity index (χ3v) is 1.24. The van der Waals surface area contributed by atoms with E-state index in [1.807, 2.05) is 13.8 Å². The smallest absolute Gasteiger partial charge is 0.238 e. The van der Waals surface area contributed by atoms with Crippen molar-refractivity contribution in [1.29, 1.82) is 0 Å². The van der Waals surface area contributed by atoms with E-state index >= 15 is 0 Å². The van der Waals surface area contributed by atoms with Gasteiger partial charge in [-0.05, 0) is 13.8 Å². The van der Waals surface area contributed by atoms with Crippen LogP contribution >= 0.6 is 0 Å². The first-order valence-corrected chi connectivity index (χ1v) is 3.34. The van der Waals surface area contributed by atoms with Crippen LogP contribution < -0.4 is 5.73 Å². The number of hydrogen-bond acceptors (Lipinski definition) is 3. The fraction of sp³-hybridized carbons (Fsp3) is 0.833. The molecule has 2 N–H and O–H groups in total. The van der Waals surface area contributed by atoms with E-state index in [-0.39, 0.29) is 18.1 Å². The van der Waals surface area contributed by atoms with Gasteiger partial charge in [0.25, 0.3) is 0 Å². The number of carbonyl (C=O) groups excluding carboxylic acids is 1. The van der Waals surface area contributed by atoms with E-state index in [1.165, 1.54) is 0 Å². The maximum Gasteiger partial charge on any atom is 0.238 e. The molecule has 0 radical (unpaired) electrons. The van der Waals surface area contributed by atoms with Gasteiger partial charge in [-0.15, -0.1) is 0 Å². The van der Waals surface area contributed by atoms with Crippen LogP contribution in [0.3, 0.4) is 0 Å². The maximum absolute atomic E-state index is 10.5. The van der Waals surface area contributed by atoms with E-state index in [4.69, 9.17) is 10.6 Å². The van der Waals surface area contributed by atoms with Gasteiger partial charge in [-0.3, -0.25) is 9.63 Å². The van der Waals surface area contributed by atoms with Gasteiger partial charge in [0.1, 0.15) is 6.04 Å². The molecular weight excluding hydrogens is 132 g/mol. The minimum Gasteiger partial charge on any atom is -0.368 e. The zero-order chi connectivity index (χ0) is 7.72. The Kier molecular flexibility index (Phi) is 1.92. The van der Waals surface area contributed by atoms with Crippen molar-refractivity contribution >= 4 is 5.91 Å². The van der Waals surface area contributed by atoms with Crippen molar-refractivity contribution in [2.24, 2.45) is 5.73 Å². The van der Waals surface area contributed by atoms with Crippen LogP contribution in [-0.2, 0) is 9.63 Å². The summed E-state index contributed by atoms with van der Waals surface area (Å²) in [5.74, 6) is -0.305. The topological polar surface area (TPSA) is 55.3 Å². The Morgan fingerprint density at radius 3 is 2.70 bits per heavy atom. The van der Waals surface area contributed by atoms with Crippen LogP contribution in [0.15, 0.2) is 0 Å². The van der Waals surface area contributed by atoms with Crippen LogP contribution in [0, 0.1) is 0 Å². The Hall–Kier alpha value is -0.610. The second-order valence-electron chi connectivity index (χ2n) is 2.67. The molecule has 0 aromatic carbocycles. The number of primary amides is 1. The Balaban J connectivity index is 2.20. The highest BCUT2D eigenvalue weighted by Crippen LogP contribution is 2.17. The minimum absolute atomic E-state index is 0.129. The average Bonchev–Trinajstić information content (AvgIpc) is 2.43. The summed E-state index contributed by atoms with van der Waals surface area (Å²) >= 11 is 0. The van der Waals surface area contributed by atoms with Gasteiger partial charge in [0.05, 0.1) is 12.6 Å². The number of nitrogens with two attached hydrogens (primary N) is 1. The predicted octanol–water partition coefficient (Wildman–Crippen LogP) is -0.504. The lowest BCUT2D eigenvalue weighted by molar-refractivity contribution is -0.133. The Bertz CT molecular complexity index is 147. The van der Waals surface area contributed by atoms with Crippen LogP contribution in [0.5, 0.6) is 0 Å². The predicted molar refractivity (Wildman–Crippen MR) is 35.9 cm³/mol. The molecule has 2 unspecified atom stereocenters. The van der Waals surface area contributed by atoms with Gasteiger partial charge in [-0.25, -0.2) is 0 Å². The molecule has 1 amide bonds. The minimum atomic E-state index is -0.305. The van der Waals surface area contributed by atoms with E-state index in [0.717, 1.165) is 0 Å². The molecule has 0 aromatic heterocycles. The quantitative estimate of drug-likeness (QED) is 0.543. The van der Waals surface area contributed by atoms with Gasteiger partial charge in [0, 0.05) is 0 Å². The van der Waals surface area contributed by atoms with Gasteiger partial charge >= 0.3 is 0 Å². The molecule has 10 heavy (non-hydrogen) atoms. The van der Waals surface area contributed by atoms with Crippen molar-refractivity contribution < 1.29 is 9.63 Å². The second-order valence-corrected chi connectivity index (χ2v) is 2.67. The first-order valence-electron chi connectivity index (χ1n) is 3.34. The molecule has 1 aliphatic rings. The zero-order valence-electron chi connectivity index (χ0n) is 6.20. The molecule has 0 spiro atoms. The van der Waals surface area contributed by atoms with Crippen LogP contribution in [0.1, 0.15) is 13.8 Å². The lowest BCUT2D eigenvalue weighted by Crippen LogP contribution is -2.23. The van der Waals surface area contributed by atoms with Crippen molar-refractivity contribution in [2.75, 3.05) is 6.54 Å². The second kappa shape index (κ2) is 2.56. The van der Waals surface area contributed by atoms with Gasteiger partial charge in [-0.2, -0.15) is 5.06 Å². The summed E-state index contributed by atoms with van der Waals surface area (Å²) in [5, 5.41) is 1.59. The highest BCUT2D eigenvalue weighted by molar-refractivity contribution is 5.82. The van der Waals surface area contributed by atoms with Crippen LogP contribution in [0.25, 0.3) is 0 Å². The fourth-order valence-corrected chi connectivity index (χ4v) is 0.742. The largest absolute Gasteiger partial charge is 0.368 e.